The number of carbonyl (C=O) groups is 3. The van der Waals surface area contributed by atoms with Crippen molar-refractivity contribution in [3.63, 3.8) is 0 Å². The molecule has 5 aliphatic rings. The maximum absolute atomic E-state index is 14.1. The minimum Gasteiger partial charge on any atom is -0.444 e. The summed E-state index contributed by atoms with van der Waals surface area (Å²) in [6.07, 6.45) is -5.89. The van der Waals surface area contributed by atoms with Crippen LogP contribution in [0.2, 0.25) is 0 Å². The molecule has 44 heteroatoms. The lowest BCUT2D eigenvalue weighted by Crippen LogP contribution is -2.52. The van der Waals surface area contributed by atoms with E-state index in [9.17, 15) is 83.5 Å². The van der Waals surface area contributed by atoms with Crippen LogP contribution in [0.3, 0.4) is 0 Å². The lowest BCUT2D eigenvalue weighted by atomic mass is 9.79. The predicted molar refractivity (Wildman–Crippen MR) is 490 cm³/mol. The third-order valence-electron chi connectivity index (χ3n) is 23.0. The van der Waals surface area contributed by atoms with Gasteiger partial charge in [-0.25, -0.2) is 48.8 Å². The van der Waals surface area contributed by atoms with Crippen molar-refractivity contribution >= 4 is 102 Å². The topological polar surface area (TPSA) is 486 Å². The van der Waals surface area contributed by atoms with Gasteiger partial charge in [-0.15, -0.1) is 0 Å². The van der Waals surface area contributed by atoms with E-state index in [0.29, 0.717) is 62.2 Å². The van der Waals surface area contributed by atoms with Crippen LogP contribution in [0.5, 0.6) is 0 Å². The Kier molecular flexibility index (Phi) is 38.7. The number of aliphatic hydroxyl groups is 1. The van der Waals surface area contributed by atoms with Crippen molar-refractivity contribution in [3.05, 3.63) is 180 Å². The zero-order chi connectivity index (χ0) is 96.2. The molecule has 5 fully saturated rings. The molecule has 0 bridgehead atoms. The zero-order valence-electron chi connectivity index (χ0n) is 76.5. The number of phosphoric ester groups is 2. The van der Waals surface area contributed by atoms with Crippen LogP contribution in [0.4, 0.5) is 14.4 Å². The first-order chi connectivity index (χ1) is 61.3. The monoisotopic (exact) mass is 1930 g/mol. The molecule has 6 aromatic rings. The quantitative estimate of drug-likeness (QED) is 0.0105. The van der Waals surface area contributed by atoms with Gasteiger partial charge >= 0.3 is 55.3 Å². The fraction of sp³-hybridized carbons (Fsp3) is 0.552. The number of sulfonamides is 3. The average Bonchev–Trinajstić information content (AvgIpc) is 1.62. The molecule has 0 aromatic heterocycles. The van der Waals surface area contributed by atoms with Crippen LogP contribution >= 0.6 is 15.6 Å². The number of hydrogen-bond donors (Lipinski definition) is 10. The Morgan fingerprint density at radius 1 is 0.420 bits per heavy atom. The number of hydrogen-bond acceptors (Lipinski definition) is 26. The van der Waals surface area contributed by atoms with Crippen molar-refractivity contribution in [1.82, 2.24) is 28.9 Å². The molecule has 0 saturated carbocycles. The first-order valence-electron chi connectivity index (χ1n) is 43.6. The van der Waals surface area contributed by atoms with E-state index in [-0.39, 0.29) is 103 Å². The molecular weight excluding hydrogens is 1800 g/mol. The number of benzene rings is 6. The Labute approximate surface area is 770 Å². The van der Waals surface area contributed by atoms with E-state index in [1.165, 1.54) is 52.8 Å². The van der Waals surface area contributed by atoms with E-state index < -0.39 is 169 Å². The summed E-state index contributed by atoms with van der Waals surface area (Å²) in [6, 6.07) is 41.6. The summed E-state index contributed by atoms with van der Waals surface area (Å²) >= 11 is 0. The van der Waals surface area contributed by atoms with Crippen molar-refractivity contribution in [1.29, 1.82) is 0 Å². The molecule has 0 aliphatic carbocycles. The number of ether oxygens (including phenoxy) is 6. The molecular formula is C87H127B3N6O30P2S3. The number of rotatable bonds is 40. The van der Waals surface area contributed by atoms with Crippen LogP contribution in [-0.4, -0.2) is 269 Å². The molecule has 3 amide bonds. The molecule has 5 heterocycles. The average molecular weight is 1930 g/mol. The van der Waals surface area contributed by atoms with Crippen molar-refractivity contribution in [2.24, 2.45) is 17.8 Å². The van der Waals surface area contributed by atoms with Gasteiger partial charge in [-0.2, -0.15) is 12.9 Å². The summed E-state index contributed by atoms with van der Waals surface area (Å²) in [5.74, 6) is -0.386. The second-order valence-electron chi connectivity index (χ2n) is 36.2. The van der Waals surface area contributed by atoms with Gasteiger partial charge in [0.05, 0.1) is 101 Å². The summed E-state index contributed by atoms with van der Waals surface area (Å²) in [5.41, 5.74) is 1.54. The third-order valence-corrected chi connectivity index (χ3v) is 29.6. The van der Waals surface area contributed by atoms with Crippen LogP contribution in [0.15, 0.2) is 178 Å². The van der Waals surface area contributed by atoms with Gasteiger partial charge in [0, 0.05) is 58.5 Å². The van der Waals surface area contributed by atoms with E-state index in [2.05, 4.69) is 16.0 Å². The molecule has 6 aromatic carbocycles. The Morgan fingerprint density at radius 2 is 0.687 bits per heavy atom. The molecule has 131 heavy (non-hydrogen) atoms. The van der Waals surface area contributed by atoms with Gasteiger partial charge in [-0.05, 0) is 162 Å². The standard InChI is InChI=1S/C31H46BN2O11PS.C31H45BN2O8S.C25H36BN2O11PS/c1-22(2)19-34(47(39,40)26-14-12-24(13-15-26)32-44-30(3,4)31(5,6)45-32)20-28(43-46(36,37)38)27(18-23-10-8-7-9-11-23)33-29(35)42-25-16-17-41-21-25;1-22(2)19-34(43(37,38)26-14-12-24(13-15-26)32-41-30(3,4)31(5,6)42-32)20-28(35)27(18-23-10-8-7-9-11-23)33-29(36)40-25-16-17-39-21-25;1-18(2)15-28(41(35,36)22-10-8-20(9-11-22)26(30)31)16-24(39-40(32,33)34)23(14-19-6-4-3-5-7-19)27-25(29)38-21-12-13-37-17-21/h7-15,22,25,27-28H,16-21H2,1-6H3,(H,33,35)(H2,36,37,38);7-15,22,25,27-28,35H,16-21H2,1-6H3,(H,33,36);3-11,18,21,23-24,30-31H,12-17H2,1-2H3,(H,27,29)(H2,32,33,34)/t2*25-,27-,28+;21-,23-,24+/m000/s1. The summed E-state index contributed by atoms with van der Waals surface area (Å²) in [6.45, 7) is 27.6. The second-order valence-corrected chi connectivity index (χ2v) is 44.4. The number of alkyl carbamates (subject to hydrolysis) is 3. The summed E-state index contributed by atoms with van der Waals surface area (Å²) in [4.78, 5) is 77.8. The van der Waals surface area contributed by atoms with Crippen molar-refractivity contribution in [2.75, 3.05) is 78.9 Å². The molecule has 5 saturated heterocycles. The van der Waals surface area contributed by atoms with Gasteiger partial charge in [0.2, 0.25) is 30.1 Å². The van der Waals surface area contributed by atoms with E-state index in [1.807, 2.05) is 113 Å². The molecule has 11 rings (SSSR count). The van der Waals surface area contributed by atoms with E-state index >= 15 is 0 Å². The van der Waals surface area contributed by atoms with Crippen molar-refractivity contribution in [3.8, 4) is 0 Å². The summed E-state index contributed by atoms with van der Waals surface area (Å²) in [5, 5.41) is 38.2. The summed E-state index contributed by atoms with van der Waals surface area (Å²) in [7, 11) is -25.9. The maximum atomic E-state index is 14.1. The normalized spacial score (nSPS) is 19.9. The third kappa shape index (κ3) is 32.3. The van der Waals surface area contributed by atoms with Gasteiger partial charge in [0.25, 0.3) is 0 Å². The Bertz CT molecular complexity index is 5050. The van der Waals surface area contributed by atoms with Gasteiger partial charge in [0.15, 0.2) is 0 Å². The van der Waals surface area contributed by atoms with Gasteiger partial charge in [-0.1, -0.05) is 169 Å². The predicted octanol–water partition coefficient (Wildman–Crippen LogP) is 6.97. The van der Waals surface area contributed by atoms with Gasteiger partial charge in [0.1, 0.15) is 30.5 Å². The smallest absolute Gasteiger partial charge is 0.444 e. The highest BCUT2D eigenvalue weighted by atomic mass is 32.2. The molecule has 5 aliphatic heterocycles. The van der Waals surface area contributed by atoms with Crippen LogP contribution in [0.1, 0.15) is 133 Å². The van der Waals surface area contributed by atoms with Crippen LogP contribution in [-0.2, 0) is 115 Å². The van der Waals surface area contributed by atoms with Crippen LogP contribution < -0.4 is 32.3 Å². The highest BCUT2D eigenvalue weighted by molar-refractivity contribution is 7.89. The van der Waals surface area contributed by atoms with Gasteiger partial charge < -0.3 is 97.7 Å². The fourth-order valence-corrected chi connectivity index (χ4v) is 20.7. The number of amides is 3. The molecule has 0 unspecified atom stereocenters. The molecule has 0 radical (unpaired) electrons. The summed E-state index contributed by atoms with van der Waals surface area (Å²) < 4.78 is 178. The van der Waals surface area contributed by atoms with Crippen LogP contribution in [0, 0.1) is 17.8 Å². The lowest BCUT2D eigenvalue weighted by Gasteiger charge is -2.33. The molecule has 10 N–H and O–H groups in total. The largest absolute Gasteiger partial charge is 0.494 e. The van der Waals surface area contributed by atoms with E-state index in [0.717, 1.165) is 19.7 Å². The van der Waals surface area contributed by atoms with E-state index in [4.69, 9.17) is 56.1 Å². The molecule has 36 nitrogen and oxygen atoms in total. The number of aliphatic hydroxyl groups excluding tert-OH is 1. The molecule has 722 valence electrons. The SMILES string of the molecule is CC(C)CN(C[C@@H](O)[C@H](Cc1ccccc1)NC(=O)O[C@H]1CCOC1)S(=O)(=O)c1ccc(B2OC(C)(C)C(C)(C)O2)cc1.CC(C)CN(C[C@@H](OP(=O)(O)O)[C@H](Cc1ccccc1)NC(=O)O[C@H]1CCOC1)S(=O)(=O)c1ccc(B(O)O)cc1.CC(C)CN(C[C@@H](OP(=O)(O)O)[C@H](Cc1ccccc1)NC(=O)O[C@H]1CCOC1)S(=O)(=O)c1ccc(B2OC(C)(C)C(C)(C)O2)cc1. The Morgan fingerprint density at radius 3 is 0.947 bits per heavy atom. The lowest BCUT2D eigenvalue weighted by molar-refractivity contribution is 0.00578. The first-order valence-corrected chi connectivity index (χ1v) is 51.0. The van der Waals surface area contributed by atoms with Crippen LogP contribution in [0.25, 0.3) is 0 Å². The van der Waals surface area contributed by atoms with E-state index in [1.54, 1.807) is 98.8 Å². The fourth-order valence-electron chi connectivity index (χ4n) is 14.7. The minimum absolute atomic E-state index is 0.00421. The van der Waals surface area contributed by atoms with Crippen molar-refractivity contribution in [2.45, 2.75) is 227 Å². The van der Waals surface area contributed by atoms with Gasteiger partial charge in [-0.3, -0.25) is 9.05 Å². The first kappa shape index (κ1) is 108. The number of carbonyl (C=O) groups excluding carboxylic acids is 3. The number of phosphoric acid groups is 2. The Hall–Kier alpha value is -7.13. The minimum atomic E-state index is -5.17. The second kappa shape index (κ2) is 47.1. The Balaban J connectivity index is 0.000000222. The van der Waals surface area contributed by atoms with Crippen molar-refractivity contribution < 1.29 is 140 Å². The number of nitrogens with one attached hydrogen (secondary N) is 3. The zero-order valence-corrected chi connectivity index (χ0v) is 80.7. The highest BCUT2D eigenvalue weighted by Crippen LogP contribution is 2.42. The number of nitrogens with zero attached hydrogens (tertiary/aromatic N) is 3. The maximum Gasteiger partial charge on any atom is 0.494 e. The molecule has 9 atom stereocenters. The molecule has 0 spiro atoms. The highest BCUT2D eigenvalue weighted by Gasteiger charge is 2.54.